The van der Waals surface area contributed by atoms with Gasteiger partial charge in [0.05, 0.1) is 10.0 Å². The van der Waals surface area contributed by atoms with Gasteiger partial charge in [-0.05, 0) is 25.5 Å². The summed E-state index contributed by atoms with van der Waals surface area (Å²) in [6, 6.07) is 7.42. The first-order chi connectivity index (χ1) is 9.15. The van der Waals surface area contributed by atoms with Crippen LogP contribution >= 0.6 is 23.2 Å². The van der Waals surface area contributed by atoms with E-state index in [9.17, 15) is 0 Å². The Labute approximate surface area is 123 Å². The molecule has 1 N–H and O–H groups in total. The van der Waals surface area contributed by atoms with Crippen molar-refractivity contribution in [3.8, 4) is 11.4 Å². The zero-order valence-electron chi connectivity index (χ0n) is 10.9. The Morgan fingerprint density at radius 3 is 2.63 bits per heavy atom. The lowest BCUT2D eigenvalue weighted by Gasteiger charge is -2.09. The molecular formula is C14H15Cl2N3. The maximum Gasteiger partial charge on any atom is 0.163 e. The summed E-state index contributed by atoms with van der Waals surface area (Å²) >= 11 is 12.3. The maximum atomic E-state index is 6.22. The number of nitrogens with zero attached hydrogens (tertiary/aromatic N) is 2. The summed E-state index contributed by atoms with van der Waals surface area (Å²) in [5, 5.41) is 4.19. The molecule has 0 saturated carbocycles. The molecule has 0 unspecified atom stereocenters. The number of benzene rings is 1. The van der Waals surface area contributed by atoms with E-state index in [1.807, 2.05) is 25.1 Å². The lowest BCUT2D eigenvalue weighted by molar-refractivity contribution is 0.998. The highest BCUT2D eigenvalue weighted by Gasteiger charge is 2.11. The third-order valence-corrected chi connectivity index (χ3v) is 3.51. The van der Waals surface area contributed by atoms with Crippen molar-refractivity contribution in [2.24, 2.45) is 0 Å². The molecule has 0 spiro atoms. The fourth-order valence-corrected chi connectivity index (χ4v) is 2.13. The van der Waals surface area contributed by atoms with Crippen molar-refractivity contribution in [3.63, 3.8) is 0 Å². The molecular weight excluding hydrogens is 281 g/mol. The van der Waals surface area contributed by atoms with E-state index in [2.05, 4.69) is 22.2 Å². The molecule has 19 heavy (non-hydrogen) atoms. The second kappa shape index (κ2) is 6.22. The van der Waals surface area contributed by atoms with Crippen molar-refractivity contribution in [3.05, 3.63) is 40.0 Å². The van der Waals surface area contributed by atoms with Gasteiger partial charge in [0, 0.05) is 23.9 Å². The third-order valence-electron chi connectivity index (χ3n) is 2.69. The van der Waals surface area contributed by atoms with Gasteiger partial charge in [-0.25, -0.2) is 9.97 Å². The third kappa shape index (κ3) is 3.17. The van der Waals surface area contributed by atoms with E-state index in [0.29, 0.717) is 15.9 Å². The van der Waals surface area contributed by atoms with Crippen LogP contribution in [0, 0.1) is 0 Å². The molecule has 100 valence electrons. The Morgan fingerprint density at radius 1 is 1.16 bits per heavy atom. The van der Waals surface area contributed by atoms with Crippen LogP contribution in [0.4, 0.5) is 5.82 Å². The number of aryl methyl sites for hydroxylation is 1. The molecule has 1 aromatic carbocycles. The summed E-state index contributed by atoms with van der Waals surface area (Å²) in [5.74, 6) is 1.41. The SMILES string of the molecule is CCNc1cc(CC)nc(-c2cccc(Cl)c2Cl)n1. The van der Waals surface area contributed by atoms with Crippen LogP contribution in [0.5, 0.6) is 0 Å². The number of nitrogens with one attached hydrogen (secondary N) is 1. The summed E-state index contributed by atoms with van der Waals surface area (Å²) in [4.78, 5) is 8.99. The Kier molecular flexibility index (Phi) is 4.61. The minimum absolute atomic E-state index is 0.486. The lowest BCUT2D eigenvalue weighted by Crippen LogP contribution is -2.04. The smallest absolute Gasteiger partial charge is 0.163 e. The molecule has 2 aromatic rings. The molecule has 5 heteroatoms. The number of anilines is 1. The molecule has 1 aromatic heterocycles. The van der Waals surface area contributed by atoms with E-state index >= 15 is 0 Å². The Morgan fingerprint density at radius 2 is 1.95 bits per heavy atom. The zero-order valence-corrected chi connectivity index (χ0v) is 12.4. The molecule has 0 fully saturated rings. The van der Waals surface area contributed by atoms with Gasteiger partial charge in [0.15, 0.2) is 5.82 Å². The van der Waals surface area contributed by atoms with Crippen LogP contribution in [-0.2, 0) is 6.42 Å². The summed E-state index contributed by atoms with van der Waals surface area (Å²) in [6.45, 7) is 4.89. The second-order valence-corrected chi connectivity index (χ2v) is 4.84. The van der Waals surface area contributed by atoms with E-state index in [4.69, 9.17) is 23.2 Å². The number of aromatic nitrogens is 2. The summed E-state index contributed by atoms with van der Waals surface area (Å²) in [6.07, 6.45) is 0.839. The van der Waals surface area contributed by atoms with Gasteiger partial charge in [0.2, 0.25) is 0 Å². The summed E-state index contributed by atoms with van der Waals surface area (Å²) in [5.41, 5.74) is 1.72. The van der Waals surface area contributed by atoms with Crippen molar-refractivity contribution in [2.45, 2.75) is 20.3 Å². The van der Waals surface area contributed by atoms with E-state index in [0.717, 1.165) is 30.0 Å². The summed E-state index contributed by atoms with van der Waals surface area (Å²) < 4.78 is 0. The van der Waals surface area contributed by atoms with Crippen molar-refractivity contribution < 1.29 is 0 Å². The van der Waals surface area contributed by atoms with Gasteiger partial charge in [0.1, 0.15) is 5.82 Å². The monoisotopic (exact) mass is 295 g/mol. The van der Waals surface area contributed by atoms with Crippen LogP contribution in [0.3, 0.4) is 0 Å². The van der Waals surface area contributed by atoms with Gasteiger partial charge in [0.25, 0.3) is 0 Å². The van der Waals surface area contributed by atoms with Gasteiger partial charge >= 0.3 is 0 Å². The van der Waals surface area contributed by atoms with E-state index < -0.39 is 0 Å². The molecule has 1 heterocycles. The highest BCUT2D eigenvalue weighted by molar-refractivity contribution is 6.43. The molecule has 0 atom stereocenters. The minimum atomic E-state index is 0.486. The number of rotatable bonds is 4. The van der Waals surface area contributed by atoms with Crippen molar-refractivity contribution in [1.82, 2.24) is 9.97 Å². The van der Waals surface area contributed by atoms with Gasteiger partial charge < -0.3 is 5.32 Å². The maximum absolute atomic E-state index is 6.22. The first kappa shape index (κ1) is 14.1. The van der Waals surface area contributed by atoms with E-state index in [1.54, 1.807) is 6.07 Å². The van der Waals surface area contributed by atoms with Gasteiger partial charge in [-0.2, -0.15) is 0 Å². The molecule has 0 saturated heterocycles. The van der Waals surface area contributed by atoms with Crippen LogP contribution in [-0.4, -0.2) is 16.5 Å². The predicted octanol–water partition coefficient (Wildman–Crippen LogP) is 4.44. The Balaban J connectivity index is 2.54. The van der Waals surface area contributed by atoms with Crippen LogP contribution in [0.1, 0.15) is 19.5 Å². The van der Waals surface area contributed by atoms with E-state index in [-0.39, 0.29) is 0 Å². The predicted molar refractivity (Wildman–Crippen MR) is 81.0 cm³/mol. The van der Waals surface area contributed by atoms with Gasteiger partial charge in [-0.1, -0.05) is 36.2 Å². The fraction of sp³-hybridized carbons (Fsp3) is 0.286. The number of hydrogen-bond donors (Lipinski definition) is 1. The molecule has 0 aliphatic heterocycles. The molecule has 0 aliphatic rings. The van der Waals surface area contributed by atoms with Crippen LogP contribution < -0.4 is 5.32 Å². The van der Waals surface area contributed by atoms with Gasteiger partial charge in [-0.15, -0.1) is 0 Å². The second-order valence-electron chi connectivity index (χ2n) is 4.05. The largest absolute Gasteiger partial charge is 0.370 e. The van der Waals surface area contributed by atoms with E-state index in [1.165, 1.54) is 0 Å². The van der Waals surface area contributed by atoms with Crippen molar-refractivity contribution in [1.29, 1.82) is 0 Å². The lowest BCUT2D eigenvalue weighted by atomic mass is 10.2. The summed E-state index contributed by atoms with van der Waals surface area (Å²) in [7, 11) is 0. The molecule has 0 amide bonds. The average molecular weight is 296 g/mol. The quantitative estimate of drug-likeness (QED) is 0.906. The molecule has 0 aliphatic carbocycles. The van der Waals surface area contributed by atoms with Gasteiger partial charge in [-0.3, -0.25) is 0 Å². The number of halogens is 2. The molecule has 3 nitrogen and oxygen atoms in total. The highest BCUT2D eigenvalue weighted by Crippen LogP contribution is 2.32. The topological polar surface area (TPSA) is 37.8 Å². The molecule has 0 bridgehead atoms. The number of hydrogen-bond acceptors (Lipinski definition) is 3. The average Bonchev–Trinajstić information content (AvgIpc) is 2.42. The highest BCUT2D eigenvalue weighted by atomic mass is 35.5. The normalized spacial score (nSPS) is 10.5. The van der Waals surface area contributed by atoms with Crippen LogP contribution in [0.25, 0.3) is 11.4 Å². The standard InChI is InChI=1S/C14H15Cl2N3/c1-3-9-8-12(17-4-2)19-14(18-9)10-6-5-7-11(15)13(10)16/h5-8H,3-4H2,1-2H3,(H,17,18,19). The molecule has 2 rings (SSSR count). The minimum Gasteiger partial charge on any atom is -0.370 e. The Bertz CT molecular complexity index is 585. The first-order valence-electron chi connectivity index (χ1n) is 6.22. The first-order valence-corrected chi connectivity index (χ1v) is 6.97. The van der Waals surface area contributed by atoms with Crippen LogP contribution in [0.2, 0.25) is 10.0 Å². The van der Waals surface area contributed by atoms with Crippen molar-refractivity contribution in [2.75, 3.05) is 11.9 Å². The van der Waals surface area contributed by atoms with Crippen LogP contribution in [0.15, 0.2) is 24.3 Å². The Hall–Kier alpha value is -1.32. The molecule has 0 radical (unpaired) electrons. The zero-order chi connectivity index (χ0) is 13.8. The van der Waals surface area contributed by atoms with Crippen molar-refractivity contribution >= 4 is 29.0 Å². The fourth-order valence-electron chi connectivity index (χ4n) is 1.75.